The van der Waals surface area contributed by atoms with Gasteiger partial charge in [-0.2, -0.15) is 8.42 Å². The zero-order valence-electron chi connectivity index (χ0n) is 17.9. The van der Waals surface area contributed by atoms with E-state index < -0.39 is 37.4 Å². The summed E-state index contributed by atoms with van der Waals surface area (Å²) in [5.74, 6) is -1.32. The molecule has 1 aliphatic heterocycles. The van der Waals surface area contributed by atoms with Crippen LogP contribution in [0.3, 0.4) is 0 Å². The Hall–Kier alpha value is -4.58. The molecule has 10 nitrogen and oxygen atoms in total. The number of nitrogens with zero attached hydrogens (tertiary/aromatic N) is 2. The molecule has 0 fully saturated rings. The highest BCUT2D eigenvalue weighted by Gasteiger charge is 2.25. The Kier molecular flexibility index (Phi) is 6.30. The summed E-state index contributed by atoms with van der Waals surface area (Å²) >= 11 is 0. The van der Waals surface area contributed by atoms with Crippen LogP contribution in [0, 0.1) is 15.9 Å². The third kappa shape index (κ3) is 5.17. The number of benzene rings is 3. The SMILES string of the molecule is COc1cc(/C=C2\N=C(c3ccc(F)cc3)OC2=O)ccc1OS(=O)(=O)c1cccc([N+](=O)[O-])c1. The highest BCUT2D eigenvalue weighted by atomic mass is 32.2. The molecule has 0 aliphatic carbocycles. The summed E-state index contributed by atoms with van der Waals surface area (Å²) in [6, 6.07) is 13.8. The lowest BCUT2D eigenvalue weighted by molar-refractivity contribution is -0.385. The van der Waals surface area contributed by atoms with Gasteiger partial charge in [-0.1, -0.05) is 12.1 Å². The van der Waals surface area contributed by atoms with E-state index in [1.165, 1.54) is 61.7 Å². The van der Waals surface area contributed by atoms with Gasteiger partial charge in [-0.3, -0.25) is 10.1 Å². The number of hydrogen-bond donors (Lipinski definition) is 0. The number of ether oxygens (including phenoxy) is 2. The molecule has 0 unspecified atom stereocenters. The Bertz CT molecular complexity index is 1500. The zero-order valence-corrected chi connectivity index (χ0v) is 18.7. The van der Waals surface area contributed by atoms with Crippen molar-refractivity contribution in [2.75, 3.05) is 7.11 Å². The molecule has 4 rings (SSSR count). The Morgan fingerprint density at radius 1 is 1.06 bits per heavy atom. The molecule has 3 aromatic rings. The number of cyclic esters (lactones) is 1. The number of hydrogen-bond acceptors (Lipinski definition) is 9. The maximum absolute atomic E-state index is 13.1. The average Bonchev–Trinajstić information content (AvgIpc) is 3.20. The lowest BCUT2D eigenvalue weighted by atomic mass is 10.1. The first-order valence-corrected chi connectivity index (χ1v) is 11.2. The van der Waals surface area contributed by atoms with Crippen molar-refractivity contribution in [2.24, 2.45) is 4.99 Å². The van der Waals surface area contributed by atoms with Crippen molar-refractivity contribution in [2.45, 2.75) is 4.90 Å². The molecule has 0 saturated carbocycles. The number of aliphatic imine (C=N–C) groups is 1. The molecule has 1 heterocycles. The van der Waals surface area contributed by atoms with Crippen LogP contribution in [-0.4, -0.2) is 32.3 Å². The molecule has 0 aromatic heterocycles. The molecular weight excluding hydrogens is 483 g/mol. The highest BCUT2D eigenvalue weighted by Crippen LogP contribution is 2.32. The molecule has 0 radical (unpaired) electrons. The van der Waals surface area contributed by atoms with Crippen LogP contribution in [0.2, 0.25) is 0 Å². The number of halogens is 1. The molecule has 178 valence electrons. The molecule has 0 atom stereocenters. The van der Waals surface area contributed by atoms with Crippen molar-refractivity contribution in [3.8, 4) is 11.5 Å². The Morgan fingerprint density at radius 2 is 1.80 bits per heavy atom. The predicted octanol–water partition coefficient (Wildman–Crippen LogP) is 3.85. The van der Waals surface area contributed by atoms with Crippen LogP contribution in [0.25, 0.3) is 6.08 Å². The second kappa shape index (κ2) is 9.35. The normalized spacial score (nSPS) is 14.4. The van der Waals surface area contributed by atoms with Crippen molar-refractivity contribution in [1.82, 2.24) is 0 Å². The standard InChI is InChI=1S/C23H15FN2O8S/c1-32-21-12-14(11-19-23(27)33-22(25-19)15-6-8-16(24)9-7-15)5-10-20(21)34-35(30,31)18-4-2-3-17(13-18)26(28)29/h2-13H,1H3/b19-11-. The van der Waals surface area contributed by atoms with E-state index in [1.54, 1.807) is 0 Å². The molecule has 12 heteroatoms. The summed E-state index contributed by atoms with van der Waals surface area (Å²) in [6.45, 7) is 0. The van der Waals surface area contributed by atoms with Gasteiger partial charge in [0.25, 0.3) is 5.69 Å². The lowest BCUT2D eigenvalue weighted by Crippen LogP contribution is -2.10. The zero-order chi connectivity index (χ0) is 25.2. The van der Waals surface area contributed by atoms with Gasteiger partial charge in [-0.15, -0.1) is 0 Å². The van der Waals surface area contributed by atoms with Gasteiger partial charge >= 0.3 is 16.1 Å². The first kappa shape index (κ1) is 23.6. The van der Waals surface area contributed by atoms with Crippen molar-refractivity contribution < 1.29 is 36.2 Å². The molecular formula is C23H15FN2O8S. The minimum absolute atomic E-state index is 0.0104. The molecule has 0 N–H and O–H groups in total. The third-order valence-corrected chi connectivity index (χ3v) is 5.95. The van der Waals surface area contributed by atoms with Crippen LogP contribution in [-0.2, 0) is 19.6 Å². The summed E-state index contributed by atoms with van der Waals surface area (Å²) in [6.07, 6.45) is 1.39. The third-order valence-electron chi connectivity index (χ3n) is 4.72. The molecule has 0 amide bonds. The van der Waals surface area contributed by atoms with Gasteiger partial charge in [-0.05, 0) is 54.1 Å². The van der Waals surface area contributed by atoms with E-state index in [0.717, 1.165) is 18.2 Å². The molecule has 0 bridgehead atoms. The summed E-state index contributed by atoms with van der Waals surface area (Å²) in [5, 5.41) is 10.9. The fourth-order valence-corrected chi connectivity index (χ4v) is 4.03. The van der Waals surface area contributed by atoms with E-state index in [1.807, 2.05) is 0 Å². The Labute approximate surface area is 198 Å². The van der Waals surface area contributed by atoms with Crippen LogP contribution >= 0.6 is 0 Å². The van der Waals surface area contributed by atoms with Crippen molar-refractivity contribution in [3.63, 3.8) is 0 Å². The lowest BCUT2D eigenvalue weighted by Gasteiger charge is -2.11. The van der Waals surface area contributed by atoms with Gasteiger partial charge in [0.15, 0.2) is 17.2 Å². The Balaban J connectivity index is 1.60. The van der Waals surface area contributed by atoms with Gasteiger partial charge in [0.1, 0.15) is 10.7 Å². The van der Waals surface area contributed by atoms with Crippen LogP contribution < -0.4 is 8.92 Å². The average molecular weight is 498 g/mol. The van der Waals surface area contributed by atoms with Gasteiger partial charge < -0.3 is 13.7 Å². The molecule has 35 heavy (non-hydrogen) atoms. The Morgan fingerprint density at radius 3 is 2.49 bits per heavy atom. The minimum Gasteiger partial charge on any atom is -0.493 e. The van der Waals surface area contributed by atoms with Crippen molar-refractivity contribution >= 4 is 33.7 Å². The van der Waals surface area contributed by atoms with Crippen LogP contribution in [0.1, 0.15) is 11.1 Å². The number of carbonyl (C=O) groups excluding carboxylic acids is 1. The summed E-state index contributed by atoms with van der Waals surface area (Å²) in [5.41, 5.74) is 0.380. The van der Waals surface area contributed by atoms with Gasteiger partial charge in [0.05, 0.1) is 12.0 Å². The first-order valence-electron chi connectivity index (χ1n) is 9.82. The van der Waals surface area contributed by atoms with E-state index in [-0.39, 0.29) is 23.1 Å². The minimum atomic E-state index is -4.41. The van der Waals surface area contributed by atoms with Crippen molar-refractivity contribution in [3.05, 3.63) is 99.5 Å². The van der Waals surface area contributed by atoms with E-state index in [9.17, 15) is 27.7 Å². The quantitative estimate of drug-likeness (QED) is 0.158. The number of methoxy groups -OCH3 is 1. The second-order valence-corrected chi connectivity index (χ2v) is 8.59. The largest absolute Gasteiger partial charge is 0.493 e. The fraction of sp³-hybridized carbons (Fsp3) is 0.0435. The van der Waals surface area contributed by atoms with Crippen molar-refractivity contribution in [1.29, 1.82) is 0 Å². The maximum atomic E-state index is 13.1. The molecule has 0 saturated heterocycles. The second-order valence-electron chi connectivity index (χ2n) is 7.05. The monoisotopic (exact) mass is 498 g/mol. The number of carbonyl (C=O) groups is 1. The highest BCUT2D eigenvalue weighted by molar-refractivity contribution is 7.87. The number of nitro benzene ring substituents is 1. The number of nitro groups is 1. The number of esters is 1. The van der Waals surface area contributed by atoms with E-state index in [4.69, 9.17) is 13.7 Å². The van der Waals surface area contributed by atoms with E-state index >= 15 is 0 Å². The first-order chi connectivity index (χ1) is 16.7. The smallest absolute Gasteiger partial charge is 0.363 e. The molecule has 0 spiro atoms. The fourth-order valence-electron chi connectivity index (χ4n) is 3.04. The summed E-state index contributed by atoms with van der Waals surface area (Å²) in [4.78, 5) is 26.1. The number of non-ortho nitro benzene ring substituents is 1. The summed E-state index contributed by atoms with van der Waals surface area (Å²) < 4.78 is 53.8. The molecule has 1 aliphatic rings. The van der Waals surface area contributed by atoms with Gasteiger partial charge in [0.2, 0.25) is 5.90 Å². The topological polar surface area (TPSA) is 134 Å². The van der Waals surface area contributed by atoms with E-state index in [2.05, 4.69) is 4.99 Å². The van der Waals surface area contributed by atoms with E-state index in [0.29, 0.717) is 11.1 Å². The van der Waals surface area contributed by atoms with Gasteiger partial charge in [0, 0.05) is 17.7 Å². The summed E-state index contributed by atoms with van der Waals surface area (Å²) in [7, 11) is -3.12. The maximum Gasteiger partial charge on any atom is 0.363 e. The van der Waals surface area contributed by atoms with Crippen LogP contribution in [0.5, 0.6) is 11.5 Å². The number of rotatable bonds is 7. The predicted molar refractivity (Wildman–Crippen MR) is 121 cm³/mol. The molecule has 3 aromatic carbocycles. The van der Waals surface area contributed by atoms with Crippen LogP contribution in [0.4, 0.5) is 10.1 Å². The van der Waals surface area contributed by atoms with Crippen LogP contribution in [0.15, 0.2) is 82.3 Å². The van der Waals surface area contributed by atoms with Gasteiger partial charge in [-0.25, -0.2) is 14.2 Å².